The summed E-state index contributed by atoms with van der Waals surface area (Å²) in [5.41, 5.74) is 3.17. The van der Waals surface area contributed by atoms with Gasteiger partial charge in [0.1, 0.15) is 17.4 Å². The predicted octanol–water partition coefficient (Wildman–Crippen LogP) is 6.24. The fourth-order valence-electron chi connectivity index (χ4n) is 4.17. The summed E-state index contributed by atoms with van der Waals surface area (Å²) in [5.74, 6) is -1.05. The van der Waals surface area contributed by atoms with Crippen LogP contribution in [-0.2, 0) is 14.8 Å². The lowest BCUT2D eigenvalue weighted by Crippen LogP contribution is -2.40. The van der Waals surface area contributed by atoms with Crippen LogP contribution in [0.25, 0.3) is 22.1 Å². The number of furan rings is 1. The van der Waals surface area contributed by atoms with E-state index in [0.29, 0.717) is 33.0 Å². The van der Waals surface area contributed by atoms with Gasteiger partial charge >= 0.3 is 5.97 Å². The SMILES string of the molecule is CC[C@H](NS(=O)(=O)c1ccc(-c2ccc(NC(=O)c3oc4ccc(Cl)c(OC(C)C)c4c3C)cc2)cc1)C(=O)O. The second-order valence-electron chi connectivity index (χ2n) is 9.45. The Morgan fingerprint density at radius 1 is 1.00 bits per heavy atom. The van der Waals surface area contributed by atoms with Crippen LogP contribution >= 0.6 is 11.6 Å². The largest absolute Gasteiger partial charge is 0.489 e. The highest BCUT2D eigenvalue weighted by molar-refractivity contribution is 7.89. The van der Waals surface area contributed by atoms with Gasteiger partial charge in [0.2, 0.25) is 10.0 Å². The Balaban J connectivity index is 1.50. The summed E-state index contributed by atoms with van der Waals surface area (Å²) < 4.78 is 39.0. The standard InChI is InChI=1S/C29H29ClN2O7S/c1-5-23(29(34)35)32-40(36,37)21-12-8-19(9-13-21)18-6-10-20(11-7-18)31-28(33)26-17(4)25-24(39-26)15-14-22(30)27(25)38-16(2)3/h6-16,23,32H,5H2,1-4H3,(H,31,33)(H,34,35)/t23-/m0/s1. The van der Waals surface area contributed by atoms with Crippen molar-refractivity contribution in [1.82, 2.24) is 4.72 Å². The molecular formula is C29H29ClN2O7S. The summed E-state index contributed by atoms with van der Waals surface area (Å²) in [6, 6.07) is 15.3. The third-order valence-electron chi connectivity index (χ3n) is 6.20. The van der Waals surface area contributed by atoms with E-state index < -0.39 is 27.9 Å². The first-order valence-corrected chi connectivity index (χ1v) is 14.4. The highest BCUT2D eigenvalue weighted by Gasteiger charge is 2.24. The number of nitrogens with one attached hydrogen (secondary N) is 2. The molecule has 1 aromatic heterocycles. The van der Waals surface area contributed by atoms with E-state index in [-0.39, 0.29) is 23.2 Å². The fraction of sp³-hybridized carbons (Fsp3) is 0.241. The zero-order valence-corrected chi connectivity index (χ0v) is 23.9. The number of carboxylic acid groups (broad SMARTS) is 1. The average molecular weight is 585 g/mol. The van der Waals surface area contributed by atoms with Crippen LogP contribution in [0.4, 0.5) is 5.69 Å². The Bertz CT molecular complexity index is 1660. The molecule has 4 aromatic rings. The molecule has 0 spiro atoms. The summed E-state index contributed by atoms with van der Waals surface area (Å²) >= 11 is 6.35. The van der Waals surface area contributed by atoms with Crippen LogP contribution < -0.4 is 14.8 Å². The number of aryl methyl sites for hydroxylation is 1. The molecule has 4 rings (SSSR count). The molecule has 0 aliphatic carbocycles. The van der Waals surface area contributed by atoms with Crippen molar-refractivity contribution in [3.63, 3.8) is 0 Å². The van der Waals surface area contributed by atoms with E-state index in [4.69, 9.17) is 25.9 Å². The van der Waals surface area contributed by atoms with Crippen LogP contribution in [0, 0.1) is 6.92 Å². The molecule has 0 radical (unpaired) electrons. The minimum absolute atomic E-state index is 0.0377. The maximum Gasteiger partial charge on any atom is 0.321 e. The number of ether oxygens (including phenoxy) is 1. The number of hydrogen-bond donors (Lipinski definition) is 3. The molecule has 210 valence electrons. The van der Waals surface area contributed by atoms with Crippen molar-refractivity contribution in [2.24, 2.45) is 0 Å². The number of benzene rings is 3. The van der Waals surface area contributed by atoms with Gasteiger partial charge in [0.25, 0.3) is 5.91 Å². The normalized spacial score (nSPS) is 12.4. The first-order valence-electron chi connectivity index (χ1n) is 12.6. The van der Waals surface area contributed by atoms with E-state index in [1.165, 1.54) is 12.1 Å². The number of fused-ring (bicyclic) bond motifs is 1. The first-order chi connectivity index (χ1) is 18.9. The second kappa shape index (κ2) is 11.7. The lowest BCUT2D eigenvalue weighted by molar-refractivity contribution is -0.139. The first kappa shape index (κ1) is 29.1. The summed E-state index contributed by atoms with van der Waals surface area (Å²) in [5, 5.41) is 13.1. The van der Waals surface area contributed by atoms with Gasteiger partial charge in [-0.3, -0.25) is 9.59 Å². The predicted molar refractivity (Wildman–Crippen MR) is 154 cm³/mol. The van der Waals surface area contributed by atoms with Gasteiger partial charge in [-0.25, -0.2) is 8.42 Å². The molecule has 1 atom stereocenters. The van der Waals surface area contributed by atoms with E-state index in [1.54, 1.807) is 62.4 Å². The molecule has 0 saturated carbocycles. The van der Waals surface area contributed by atoms with Gasteiger partial charge in [-0.2, -0.15) is 4.72 Å². The number of carbonyl (C=O) groups is 2. The van der Waals surface area contributed by atoms with Crippen LogP contribution in [0.15, 0.2) is 70.0 Å². The summed E-state index contributed by atoms with van der Waals surface area (Å²) in [6.45, 7) is 7.14. The van der Waals surface area contributed by atoms with E-state index in [2.05, 4.69) is 10.0 Å². The lowest BCUT2D eigenvalue weighted by atomic mass is 10.1. The third kappa shape index (κ3) is 6.14. The molecule has 1 amide bonds. The van der Waals surface area contributed by atoms with Crippen molar-refractivity contribution in [1.29, 1.82) is 0 Å². The van der Waals surface area contributed by atoms with Gasteiger partial charge in [0, 0.05) is 11.3 Å². The molecule has 1 heterocycles. The molecule has 0 unspecified atom stereocenters. The number of aliphatic carboxylic acids is 1. The molecular weight excluding hydrogens is 556 g/mol. The molecule has 0 fully saturated rings. The zero-order chi connectivity index (χ0) is 29.2. The molecule has 9 nitrogen and oxygen atoms in total. The Morgan fingerprint density at radius 2 is 1.60 bits per heavy atom. The van der Waals surface area contributed by atoms with Gasteiger partial charge in [-0.05, 0) is 74.7 Å². The highest BCUT2D eigenvalue weighted by atomic mass is 35.5. The number of anilines is 1. The summed E-state index contributed by atoms with van der Waals surface area (Å²) in [7, 11) is -3.99. The van der Waals surface area contributed by atoms with E-state index in [1.807, 2.05) is 13.8 Å². The number of halogens is 1. The Kier molecular flexibility index (Phi) is 8.53. The zero-order valence-electron chi connectivity index (χ0n) is 22.3. The molecule has 40 heavy (non-hydrogen) atoms. The number of rotatable bonds is 10. The fourth-order valence-corrected chi connectivity index (χ4v) is 5.65. The van der Waals surface area contributed by atoms with Crippen molar-refractivity contribution in [2.75, 3.05) is 5.32 Å². The van der Waals surface area contributed by atoms with Crippen molar-refractivity contribution < 1.29 is 32.3 Å². The Labute approximate surface area is 237 Å². The number of hydrogen-bond acceptors (Lipinski definition) is 6. The van der Waals surface area contributed by atoms with Gasteiger partial charge in [-0.15, -0.1) is 0 Å². The number of amides is 1. The molecule has 11 heteroatoms. The maximum atomic E-state index is 13.1. The lowest BCUT2D eigenvalue weighted by Gasteiger charge is -2.13. The van der Waals surface area contributed by atoms with Crippen LogP contribution in [0.1, 0.15) is 43.3 Å². The molecule has 0 saturated heterocycles. The summed E-state index contributed by atoms with van der Waals surface area (Å²) in [4.78, 5) is 24.2. The van der Waals surface area contributed by atoms with Crippen molar-refractivity contribution in [3.8, 4) is 16.9 Å². The number of carboxylic acids is 1. The molecule has 3 aromatic carbocycles. The Morgan fingerprint density at radius 3 is 2.15 bits per heavy atom. The number of carbonyl (C=O) groups excluding carboxylic acids is 1. The van der Waals surface area contributed by atoms with Crippen LogP contribution in [-0.4, -0.2) is 37.5 Å². The quantitative estimate of drug-likeness (QED) is 0.201. The second-order valence-corrected chi connectivity index (χ2v) is 11.6. The smallest absolute Gasteiger partial charge is 0.321 e. The van der Waals surface area contributed by atoms with Crippen LogP contribution in [0.5, 0.6) is 5.75 Å². The van der Waals surface area contributed by atoms with Crippen molar-refractivity contribution >= 4 is 50.2 Å². The van der Waals surface area contributed by atoms with Gasteiger partial charge in [0.05, 0.1) is 21.4 Å². The molecule has 0 aliphatic rings. The number of sulfonamides is 1. The molecule has 0 bridgehead atoms. The molecule has 0 aliphatic heterocycles. The highest BCUT2D eigenvalue weighted by Crippen LogP contribution is 2.39. The molecule has 3 N–H and O–H groups in total. The van der Waals surface area contributed by atoms with Gasteiger partial charge in [0.15, 0.2) is 5.76 Å². The monoisotopic (exact) mass is 584 g/mol. The van der Waals surface area contributed by atoms with E-state index in [0.717, 1.165) is 11.1 Å². The van der Waals surface area contributed by atoms with E-state index in [9.17, 15) is 18.0 Å². The van der Waals surface area contributed by atoms with Crippen molar-refractivity contribution in [3.05, 3.63) is 77.0 Å². The van der Waals surface area contributed by atoms with Crippen LogP contribution in [0.3, 0.4) is 0 Å². The maximum absolute atomic E-state index is 13.1. The third-order valence-corrected chi connectivity index (χ3v) is 7.99. The minimum Gasteiger partial charge on any atom is -0.489 e. The van der Waals surface area contributed by atoms with Crippen molar-refractivity contribution in [2.45, 2.75) is 51.2 Å². The summed E-state index contributed by atoms with van der Waals surface area (Å²) in [6.07, 6.45) is 0.00345. The van der Waals surface area contributed by atoms with E-state index >= 15 is 0 Å². The minimum atomic E-state index is -3.99. The average Bonchev–Trinajstić information content (AvgIpc) is 3.25. The Hall–Kier alpha value is -3.86. The topological polar surface area (TPSA) is 135 Å². The van der Waals surface area contributed by atoms with Gasteiger partial charge in [-0.1, -0.05) is 42.8 Å². The van der Waals surface area contributed by atoms with Crippen LogP contribution in [0.2, 0.25) is 5.02 Å². The van der Waals surface area contributed by atoms with Gasteiger partial charge < -0.3 is 19.6 Å².